The minimum Gasteiger partial charge on any atom is -0.497 e. The Morgan fingerprint density at radius 3 is 2.80 bits per heavy atom. The molecule has 3 rings (SSSR count). The van der Waals surface area contributed by atoms with Gasteiger partial charge in [0.2, 0.25) is 0 Å². The standard InChI is InChI=1S/C18H22N4O3/c1-22-9-3-4-14(22)11-19-18(23)20-12-16-10-17(21-25-16)13-5-7-15(24-2)8-6-13/h3-9,16H,10-12H2,1-2H3,(H2,19,20,23)/t16-/m0/s1. The van der Waals surface area contributed by atoms with Crippen molar-refractivity contribution in [2.24, 2.45) is 12.2 Å². The number of hydrogen-bond acceptors (Lipinski definition) is 4. The van der Waals surface area contributed by atoms with E-state index in [0.717, 1.165) is 22.7 Å². The molecule has 1 aliphatic heterocycles. The number of methoxy groups -OCH3 is 1. The second-order valence-corrected chi connectivity index (χ2v) is 5.87. The van der Waals surface area contributed by atoms with Gasteiger partial charge in [0.25, 0.3) is 0 Å². The van der Waals surface area contributed by atoms with E-state index in [9.17, 15) is 4.79 Å². The fourth-order valence-electron chi connectivity index (χ4n) is 2.61. The molecule has 1 aromatic heterocycles. The Hall–Kier alpha value is -2.96. The molecule has 1 aliphatic rings. The molecule has 7 nitrogen and oxygen atoms in total. The minimum absolute atomic E-state index is 0.155. The van der Waals surface area contributed by atoms with Crippen molar-refractivity contribution in [3.63, 3.8) is 0 Å². The van der Waals surface area contributed by atoms with Crippen molar-refractivity contribution >= 4 is 11.7 Å². The van der Waals surface area contributed by atoms with Gasteiger partial charge in [-0.3, -0.25) is 0 Å². The van der Waals surface area contributed by atoms with Crippen LogP contribution in [0.3, 0.4) is 0 Å². The van der Waals surface area contributed by atoms with Crippen molar-refractivity contribution in [2.45, 2.75) is 19.1 Å². The molecule has 0 radical (unpaired) electrons. The van der Waals surface area contributed by atoms with E-state index in [1.807, 2.05) is 54.2 Å². The van der Waals surface area contributed by atoms with Gasteiger partial charge < -0.3 is 24.8 Å². The number of hydrogen-bond donors (Lipinski definition) is 2. The van der Waals surface area contributed by atoms with Crippen LogP contribution in [0.4, 0.5) is 4.79 Å². The van der Waals surface area contributed by atoms with Crippen molar-refractivity contribution in [3.8, 4) is 5.75 Å². The van der Waals surface area contributed by atoms with E-state index in [1.54, 1.807) is 7.11 Å². The molecule has 0 bridgehead atoms. The third-order valence-electron chi connectivity index (χ3n) is 4.13. The summed E-state index contributed by atoms with van der Waals surface area (Å²) in [6.07, 6.45) is 2.45. The average molecular weight is 342 g/mol. The van der Waals surface area contributed by atoms with E-state index in [0.29, 0.717) is 19.5 Å². The van der Waals surface area contributed by atoms with Crippen LogP contribution in [-0.2, 0) is 18.4 Å². The highest BCUT2D eigenvalue weighted by atomic mass is 16.6. The molecule has 7 heteroatoms. The Morgan fingerprint density at radius 2 is 2.12 bits per heavy atom. The number of nitrogens with zero attached hydrogens (tertiary/aromatic N) is 2. The maximum atomic E-state index is 11.9. The molecule has 0 aliphatic carbocycles. The predicted octanol–water partition coefficient (Wildman–Crippen LogP) is 2.03. The van der Waals surface area contributed by atoms with Crippen LogP contribution in [0.25, 0.3) is 0 Å². The molecule has 0 fully saturated rings. The van der Waals surface area contributed by atoms with Gasteiger partial charge in [0, 0.05) is 25.4 Å². The maximum absolute atomic E-state index is 11.9. The zero-order valence-electron chi connectivity index (χ0n) is 14.4. The van der Waals surface area contributed by atoms with E-state index in [2.05, 4.69) is 15.8 Å². The number of rotatable bonds is 6. The lowest BCUT2D eigenvalue weighted by atomic mass is 10.0. The van der Waals surface area contributed by atoms with E-state index < -0.39 is 0 Å². The zero-order chi connectivity index (χ0) is 17.6. The Labute approximate surface area is 146 Å². The van der Waals surface area contributed by atoms with Gasteiger partial charge in [-0.15, -0.1) is 0 Å². The Kier molecular flexibility index (Phi) is 5.23. The monoisotopic (exact) mass is 342 g/mol. The first-order chi connectivity index (χ1) is 12.2. The fraction of sp³-hybridized carbons (Fsp3) is 0.333. The highest BCUT2D eigenvalue weighted by Crippen LogP contribution is 2.18. The second-order valence-electron chi connectivity index (χ2n) is 5.87. The van der Waals surface area contributed by atoms with Crippen LogP contribution in [0.2, 0.25) is 0 Å². The zero-order valence-corrected chi connectivity index (χ0v) is 14.4. The summed E-state index contributed by atoms with van der Waals surface area (Å²) in [5.74, 6) is 0.802. The Morgan fingerprint density at radius 1 is 1.32 bits per heavy atom. The molecule has 25 heavy (non-hydrogen) atoms. The molecule has 0 saturated heterocycles. The lowest BCUT2D eigenvalue weighted by Crippen LogP contribution is -2.39. The minimum atomic E-state index is -0.220. The first-order valence-electron chi connectivity index (χ1n) is 8.14. The van der Waals surface area contributed by atoms with E-state index >= 15 is 0 Å². The highest BCUT2D eigenvalue weighted by molar-refractivity contribution is 6.01. The van der Waals surface area contributed by atoms with Crippen molar-refractivity contribution < 1.29 is 14.4 Å². The van der Waals surface area contributed by atoms with Crippen LogP contribution in [0.5, 0.6) is 5.75 Å². The van der Waals surface area contributed by atoms with Crippen molar-refractivity contribution in [2.75, 3.05) is 13.7 Å². The number of nitrogens with one attached hydrogen (secondary N) is 2. The van der Waals surface area contributed by atoms with Crippen LogP contribution in [0, 0.1) is 0 Å². The molecular formula is C18H22N4O3. The number of carbonyl (C=O) groups is 1. The number of oxime groups is 1. The van der Waals surface area contributed by atoms with E-state index in [4.69, 9.17) is 9.57 Å². The first kappa shape index (κ1) is 16.9. The van der Waals surface area contributed by atoms with Gasteiger partial charge in [-0.25, -0.2) is 4.79 Å². The lowest BCUT2D eigenvalue weighted by Gasteiger charge is -2.11. The summed E-state index contributed by atoms with van der Waals surface area (Å²) in [6, 6.07) is 11.4. The SMILES string of the molecule is COc1ccc(C2=NO[C@H](CNC(=O)NCc3cccn3C)C2)cc1. The Balaban J connectivity index is 1.41. The molecular weight excluding hydrogens is 320 g/mol. The van der Waals surface area contributed by atoms with Crippen molar-refractivity contribution in [3.05, 3.63) is 53.9 Å². The Bertz CT molecular complexity index is 752. The molecule has 1 aromatic carbocycles. The number of benzene rings is 1. The number of amides is 2. The quantitative estimate of drug-likeness (QED) is 0.843. The first-order valence-corrected chi connectivity index (χ1v) is 8.14. The summed E-state index contributed by atoms with van der Waals surface area (Å²) in [4.78, 5) is 17.3. The number of ether oxygens (including phenoxy) is 1. The normalized spacial score (nSPS) is 16.1. The van der Waals surface area contributed by atoms with Crippen LogP contribution < -0.4 is 15.4 Å². The number of urea groups is 1. The smallest absolute Gasteiger partial charge is 0.315 e. The average Bonchev–Trinajstić information content (AvgIpc) is 3.27. The van der Waals surface area contributed by atoms with Gasteiger partial charge in [-0.05, 0) is 42.0 Å². The third kappa shape index (κ3) is 4.32. The molecule has 2 N–H and O–H groups in total. The van der Waals surface area contributed by atoms with Gasteiger partial charge in [-0.1, -0.05) is 5.16 Å². The maximum Gasteiger partial charge on any atom is 0.315 e. The summed E-state index contributed by atoms with van der Waals surface area (Å²) in [7, 11) is 3.58. The molecule has 0 saturated carbocycles. The summed E-state index contributed by atoms with van der Waals surface area (Å²) in [5.41, 5.74) is 2.91. The van der Waals surface area contributed by atoms with Gasteiger partial charge in [0.1, 0.15) is 5.75 Å². The number of aromatic nitrogens is 1. The molecule has 2 aromatic rings. The van der Waals surface area contributed by atoms with Crippen LogP contribution >= 0.6 is 0 Å². The largest absolute Gasteiger partial charge is 0.497 e. The molecule has 0 spiro atoms. The van der Waals surface area contributed by atoms with Gasteiger partial charge in [0.05, 0.1) is 25.9 Å². The highest BCUT2D eigenvalue weighted by Gasteiger charge is 2.22. The summed E-state index contributed by atoms with van der Waals surface area (Å²) >= 11 is 0. The fourth-order valence-corrected chi connectivity index (χ4v) is 2.61. The predicted molar refractivity (Wildman–Crippen MR) is 94.7 cm³/mol. The van der Waals surface area contributed by atoms with Crippen LogP contribution in [0.15, 0.2) is 47.8 Å². The molecule has 2 amide bonds. The molecule has 1 atom stereocenters. The van der Waals surface area contributed by atoms with E-state index in [1.165, 1.54) is 0 Å². The van der Waals surface area contributed by atoms with E-state index in [-0.39, 0.29) is 12.1 Å². The van der Waals surface area contributed by atoms with Crippen molar-refractivity contribution in [1.82, 2.24) is 15.2 Å². The molecule has 0 unspecified atom stereocenters. The molecule has 2 heterocycles. The summed E-state index contributed by atoms with van der Waals surface area (Å²) in [5, 5.41) is 9.77. The third-order valence-corrected chi connectivity index (χ3v) is 4.13. The van der Waals surface area contributed by atoms with Gasteiger partial charge in [-0.2, -0.15) is 0 Å². The van der Waals surface area contributed by atoms with Crippen LogP contribution in [0.1, 0.15) is 17.7 Å². The van der Waals surface area contributed by atoms with Crippen LogP contribution in [-0.4, -0.2) is 36.1 Å². The summed E-state index contributed by atoms with van der Waals surface area (Å²) in [6.45, 7) is 0.885. The topological polar surface area (TPSA) is 76.9 Å². The lowest BCUT2D eigenvalue weighted by molar-refractivity contribution is 0.0865. The van der Waals surface area contributed by atoms with Gasteiger partial charge in [0.15, 0.2) is 6.10 Å². The van der Waals surface area contributed by atoms with Gasteiger partial charge >= 0.3 is 6.03 Å². The summed E-state index contributed by atoms with van der Waals surface area (Å²) < 4.78 is 7.12. The van der Waals surface area contributed by atoms with Crippen molar-refractivity contribution in [1.29, 1.82) is 0 Å². The second kappa shape index (κ2) is 7.74. The molecule has 132 valence electrons. The number of carbonyl (C=O) groups excluding carboxylic acids is 1. The number of aryl methyl sites for hydroxylation is 1.